The van der Waals surface area contributed by atoms with Gasteiger partial charge in [0.15, 0.2) is 0 Å². The fourth-order valence-electron chi connectivity index (χ4n) is 5.71. The number of hydrogen-bond acceptors (Lipinski definition) is 0. The van der Waals surface area contributed by atoms with E-state index in [0.29, 0.717) is 0 Å². The summed E-state index contributed by atoms with van der Waals surface area (Å²) in [7, 11) is -2.17. The van der Waals surface area contributed by atoms with Crippen molar-refractivity contribution >= 4 is 16.1 Å². The van der Waals surface area contributed by atoms with E-state index in [1.807, 2.05) is 6.66 Å². The Morgan fingerprint density at radius 2 is 1.17 bits per heavy atom. The Hall–Kier alpha value is 0.264. The van der Waals surface area contributed by atoms with Crippen molar-refractivity contribution in [1.29, 1.82) is 0 Å². The van der Waals surface area contributed by atoms with Crippen molar-refractivity contribution < 1.29 is 20.0 Å². The summed E-state index contributed by atoms with van der Waals surface area (Å²) >= 11 is -2.69. The number of rotatable bonds is 4. The summed E-state index contributed by atoms with van der Waals surface area (Å²) in [4.78, 5) is 0. The fraction of sp³-hybridized carbons (Fsp3) is 0.619. The van der Waals surface area contributed by atoms with Crippen LogP contribution in [0.4, 0.5) is 0 Å². The average molecular weight is 523 g/mol. The van der Waals surface area contributed by atoms with Gasteiger partial charge in [0, 0.05) is 0 Å². The molecule has 0 N–H and O–H groups in total. The van der Waals surface area contributed by atoms with Crippen molar-refractivity contribution in [2.24, 2.45) is 5.41 Å². The van der Waals surface area contributed by atoms with Crippen molar-refractivity contribution in [3.05, 3.63) is 42.1 Å². The summed E-state index contributed by atoms with van der Waals surface area (Å²) in [6.07, 6.45) is 12.6. The Morgan fingerprint density at radius 3 is 1.50 bits per heavy atom. The first-order valence-corrected chi connectivity index (χ1v) is 25.8. The topological polar surface area (TPSA) is 0 Å². The van der Waals surface area contributed by atoms with Crippen molar-refractivity contribution in [3.8, 4) is 0 Å². The first kappa shape index (κ1) is 19.0. The molecule has 24 heavy (non-hydrogen) atoms. The van der Waals surface area contributed by atoms with Gasteiger partial charge in [-0.15, -0.1) is 0 Å². The van der Waals surface area contributed by atoms with Crippen LogP contribution in [0.15, 0.2) is 42.1 Å². The Kier molecular flexibility index (Phi) is 4.67. The zero-order valence-corrected chi connectivity index (χ0v) is 22.7. The molecule has 2 aliphatic carbocycles. The predicted molar refractivity (Wildman–Crippen MR) is 112 cm³/mol. The molecule has 0 aromatic carbocycles. The van der Waals surface area contributed by atoms with Gasteiger partial charge in [0.25, 0.3) is 0 Å². The van der Waals surface area contributed by atoms with Gasteiger partial charge in [-0.2, -0.15) is 0 Å². The summed E-state index contributed by atoms with van der Waals surface area (Å²) in [6, 6.07) is 0. The normalized spacial score (nSPS) is 24.7. The van der Waals surface area contributed by atoms with E-state index in [9.17, 15) is 0 Å². The van der Waals surface area contributed by atoms with Crippen LogP contribution in [0.1, 0.15) is 26.7 Å². The molecule has 0 bridgehead atoms. The standard InChI is InChI=1S/C13H14.2C4H11Si.Hf/c1-13(2,11-7-3-4-8-11)12-9-5-6-10-12;2*1-5(2,3)4;/h3,5,7,9H,4,6H2,1-2H3;2*1H2,2-4H3;. The molecular formula is C21H36HfSi2. The molecule has 0 aromatic rings. The van der Waals surface area contributed by atoms with Gasteiger partial charge in [-0.1, -0.05) is 0 Å². The first-order chi connectivity index (χ1) is 10.9. The van der Waals surface area contributed by atoms with Crippen LogP contribution in [0.2, 0.25) is 46.9 Å². The molecule has 0 radical (unpaired) electrons. The molecule has 3 aliphatic rings. The van der Waals surface area contributed by atoms with Gasteiger partial charge in [-0.05, 0) is 0 Å². The van der Waals surface area contributed by atoms with E-state index >= 15 is 0 Å². The Balaban J connectivity index is 2.24. The molecule has 3 heteroatoms. The average Bonchev–Trinajstić information content (AvgIpc) is 3.03. The molecule has 0 spiro atoms. The molecule has 0 atom stereocenters. The van der Waals surface area contributed by atoms with Gasteiger partial charge in [-0.25, -0.2) is 0 Å². The third kappa shape index (κ3) is 3.18. The summed E-state index contributed by atoms with van der Waals surface area (Å²) in [5.74, 6) is 0. The molecule has 0 fully saturated rings. The maximum absolute atomic E-state index is 2.69. The molecule has 0 aromatic heterocycles. The van der Waals surface area contributed by atoms with Crippen LogP contribution >= 0.6 is 0 Å². The van der Waals surface area contributed by atoms with Gasteiger partial charge >= 0.3 is 157 Å². The second-order valence-electron chi connectivity index (χ2n) is 11.2. The van der Waals surface area contributed by atoms with Crippen LogP contribution in [0.25, 0.3) is 0 Å². The minimum atomic E-state index is -2.69. The number of hydrogen-bond donors (Lipinski definition) is 0. The SMILES string of the molecule is CC1(C)C2=[C](CC=C2)[Hf]([CH2][Si](C)(C)C)([CH2][Si](C)(C)C)[C]2=C1C=CC2. The van der Waals surface area contributed by atoms with Crippen molar-refractivity contribution in [1.82, 2.24) is 0 Å². The van der Waals surface area contributed by atoms with E-state index in [1.54, 1.807) is 18.7 Å². The quantitative estimate of drug-likeness (QED) is 0.342. The van der Waals surface area contributed by atoms with Crippen molar-refractivity contribution in [2.45, 2.75) is 73.6 Å². The molecule has 1 aliphatic heterocycles. The molecule has 3 rings (SSSR count). The molecule has 1 heterocycles. The van der Waals surface area contributed by atoms with E-state index in [-0.39, 0.29) is 5.41 Å². The summed E-state index contributed by atoms with van der Waals surface area (Å²) < 4.78 is 7.36. The van der Waals surface area contributed by atoms with Gasteiger partial charge in [0.05, 0.1) is 0 Å². The van der Waals surface area contributed by atoms with E-state index in [4.69, 9.17) is 0 Å². The Morgan fingerprint density at radius 1 is 0.792 bits per heavy atom. The van der Waals surface area contributed by atoms with Gasteiger partial charge in [0.2, 0.25) is 0 Å². The predicted octanol–water partition coefficient (Wildman–Crippen LogP) is 7.20. The molecule has 0 saturated heterocycles. The minimum absolute atomic E-state index is 0.257. The molecule has 0 amide bonds. The van der Waals surface area contributed by atoms with Gasteiger partial charge in [-0.3, -0.25) is 0 Å². The molecule has 132 valence electrons. The van der Waals surface area contributed by atoms with Crippen LogP contribution in [0.5, 0.6) is 0 Å². The van der Waals surface area contributed by atoms with Gasteiger partial charge in [0.1, 0.15) is 0 Å². The van der Waals surface area contributed by atoms with Crippen LogP contribution < -0.4 is 0 Å². The maximum atomic E-state index is 2.63. The first-order valence-electron chi connectivity index (χ1n) is 9.68. The van der Waals surface area contributed by atoms with Crippen molar-refractivity contribution in [2.75, 3.05) is 0 Å². The van der Waals surface area contributed by atoms with Crippen LogP contribution in [0.3, 0.4) is 0 Å². The molecule has 0 saturated carbocycles. The zero-order valence-electron chi connectivity index (χ0n) is 17.1. The van der Waals surface area contributed by atoms with Crippen LogP contribution in [-0.4, -0.2) is 16.1 Å². The molecule has 0 unspecified atom stereocenters. The summed E-state index contributed by atoms with van der Waals surface area (Å²) in [6.45, 7) is 20.8. The molecular weight excluding hydrogens is 487 g/mol. The summed E-state index contributed by atoms with van der Waals surface area (Å²) in [5, 5.41) is 0. The van der Waals surface area contributed by atoms with E-state index < -0.39 is 36.1 Å². The van der Waals surface area contributed by atoms with E-state index in [2.05, 4.69) is 77.4 Å². The third-order valence-corrected chi connectivity index (χ3v) is 56.9. The number of allylic oxidation sites excluding steroid dienone is 8. The van der Waals surface area contributed by atoms with Crippen LogP contribution in [-0.2, 0) is 20.0 Å². The second kappa shape index (κ2) is 5.89. The monoisotopic (exact) mass is 524 g/mol. The third-order valence-electron chi connectivity index (χ3n) is 6.03. The van der Waals surface area contributed by atoms with E-state index in [1.165, 1.54) is 12.8 Å². The van der Waals surface area contributed by atoms with Crippen LogP contribution in [0, 0.1) is 5.41 Å². The molecule has 0 nitrogen and oxygen atoms in total. The Bertz CT molecular complexity index is 618. The zero-order chi connectivity index (χ0) is 18.0. The van der Waals surface area contributed by atoms with E-state index in [0.717, 1.165) is 0 Å². The van der Waals surface area contributed by atoms with Crippen molar-refractivity contribution in [3.63, 3.8) is 0 Å². The Labute approximate surface area is 156 Å². The second-order valence-corrected chi connectivity index (χ2v) is 41.9. The van der Waals surface area contributed by atoms with Gasteiger partial charge < -0.3 is 0 Å². The fourth-order valence-corrected chi connectivity index (χ4v) is 74.5. The summed E-state index contributed by atoms with van der Waals surface area (Å²) in [5.41, 5.74) is 3.77.